The highest BCUT2D eigenvalue weighted by molar-refractivity contribution is 5.90. The molecule has 0 aromatic rings. The molecule has 0 aliphatic heterocycles. The minimum atomic E-state index is -0.0125. The van der Waals surface area contributed by atoms with Crippen LogP contribution in [0.15, 0.2) is 0 Å². The van der Waals surface area contributed by atoms with Crippen LogP contribution in [0.3, 0.4) is 0 Å². The lowest BCUT2D eigenvalue weighted by atomic mass is 9.89. The Bertz CT molecular complexity index is 298. The van der Waals surface area contributed by atoms with Gasteiger partial charge in [-0.2, -0.15) is 0 Å². The first kappa shape index (κ1) is 8.50. The largest absolute Gasteiger partial charge is 0.300 e. The van der Waals surface area contributed by atoms with Gasteiger partial charge >= 0.3 is 0 Å². The topological polar surface area (TPSA) is 34.1 Å². The Kier molecular flexibility index (Phi) is 1.95. The number of carbonyl (C=O) groups is 2. The second-order valence-corrected chi connectivity index (χ2v) is 4.06. The van der Waals surface area contributed by atoms with Gasteiger partial charge < -0.3 is 0 Å². The van der Waals surface area contributed by atoms with Crippen molar-refractivity contribution in [2.75, 3.05) is 0 Å². The van der Waals surface area contributed by atoms with Crippen LogP contribution in [0.1, 0.15) is 25.7 Å². The number of hydrogen-bond acceptors (Lipinski definition) is 2. The number of carbonyl (C=O) groups excluding carboxylic acids is 2. The second kappa shape index (κ2) is 2.99. The van der Waals surface area contributed by atoms with Crippen LogP contribution in [0, 0.1) is 30.1 Å². The van der Waals surface area contributed by atoms with Crippen molar-refractivity contribution in [3.8, 4) is 12.3 Å². The Balaban J connectivity index is 2.15. The van der Waals surface area contributed by atoms with Crippen molar-refractivity contribution in [3.63, 3.8) is 0 Å². The van der Waals surface area contributed by atoms with Crippen LogP contribution in [0.25, 0.3) is 0 Å². The monoisotopic (exact) mass is 176 g/mol. The molecule has 3 atom stereocenters. The number of fused-ring (bicyclic) bond motifs is 1. The van der Waals surface area contributed by atoms with Gasteiger partial charge in [0.15, 0.2) is 0 Å². The standard InChI is InChI=1S/C11H12O2/c1-2-3-9-10-6-8(12)4-7(10)5-11(9)13/h1,7,9-10H,3-6H2. The van der Waals surface area contributed by atoms with E-state index < -0.39 is 0 Å². The van der Waals surface area contributed by atoms with Crippen molar-refractivity contribution >= 4 is 11.6 Å². The maximum atomic E-state index is 11.5. The summed E-state index contributed by atoms with van der Waals surface area (Å²) in [7, 11) is 0. The lowest BCUT2D eigenvalue weighted by Crippen LogP contribution is -2.14. The molecule has 0 bridgehead atoms. The molecule has 0 spiro atoms. The smallest absolute Gasteiger partial charge is 0.137 e. The second-order valence-electron chi connectivity index (χ2n) is 4.06. The van der Waals surface area contributed by atoms with E-state index in [9.17, 15) is 9.59 Å². The summed E-state index contributed by atoms with van der Waals surface area (Å²) in [5, 5.41) is 0. The molecule has 2 heteroatoms. The lowest BCUT2D eigenvalue weighted by Gasteiger charge is -2.12. The molecule has 2 fully saturated rings. The van der Waals surface area contributed by atoms with E-state index >= 15 is 0 Å². The average molecular weight is 176 g/mol. The Morgan fingerprint density at radius 3 is 2.77 bits per heavy atom. The maximum absolute atomic E-state index is 11.5. The lowest BCUT2D eigenvalue weighted by molar-refractivity contribution is -0.122. The van der Waals surface area contributed by atoms with Gasteiger partial charge in [-0.15, -0.1) is 12.3 Å². The summed E-state index contributed by atoms with van der Waals surface area (Å²) in [5.41, 5.74) is 0. The molecule has 2 nitrogen and oxygen atoms in total. The minimum absolute atomic E-state index is 0.0125. The van der Waals surface area contributed by atoms with E-state index in [1.165, 1.54) is 0 Å². The van der Waals surface area contributed by atoms with Crippen LogP contribution >= 0.6 is 0 Å². The third-order valence-corrected chi connectivity index (χ3v) is 3.29. The molecule has 2 aliphatic rings. The van der Waals surface area contributed by atoms with Gasteiger partial charge in [0, 0.05) is 31.6 Å². The highest BCUT2D eigenvalue weighted by Crippen LogP contribution is 2.45. The van der Waals surface area contributed by atoms with Gasteiger partial charge in [-0.1, -0.05) is 0 Å². The highest BCUT2D eigenvalue weighted by Gasteiger charge is 2.46. The van der Waals surface area contributed by atoms with Crippen LogP contribution in [0.5, 0.6) is 0 Å². The SMILES string of the molecule is C#CCC1C(=O)CC2CC(=O)CC21. The molecule has 13 heavy (non-hydrogen) atoms. The van der Waals surface area contributed by atoms with E-state index in [1.807, 2.05) is 0 Å². The Morgan fingerprint density at radius 1 is 1.31 bits per heavy atom. The third-order valence-electron chi connectivity index (χ3n) is 3.29. The molecule has 0 N–H and O–H groups in total. The van der Waals surface area contributed by atoms with Gasteiger partial charge in [0.25, 0.3) is 0 Å². The summed E-state index contributed by atoms with van der Waals surface area (Å²) in [6.07, 6.45) is 7.50. The molecule has 68 valence electrons. The van der Waals surface area contributed by atoms with E-state index in [1.54, 1.807) is 0 Å². The summed E-state index contributed by atoms with van der Waals surface area (Å²) >= 11 is 0. The zero-order valence-electron chi connectivity index (χ0n) is 7.45. The molecule has 0 saturated heterocycles. The van der Waals surface area contributed by atoms with E-state index in [0.717, 1.165) is 0 Å². The van der Waals surface area contributed by atoms with Gasteiger partial charge in [0.1, 0.15) is 11.6 Å². The number of Topliss-reactive ketones (excluding diaryl/α,β-unsaturated/α-hetero) is 2. The molecule has 0 radical (unpaired) electrons. The fraction of sp³-hybridized carbons (Fsp3) is 0.636. The van der Waals surface area contributed by atoms with Gasteiger partial charge in [0.05, 0.1) is 0 Å². The van der Waals surface area contributed by atoms with E-state index in [2.05, 4.69) is 5.92 Å². The Morgan fingerprint density at radius 2 is 2.08 bits per heavy atom. The molecule has 0 aromatic carbocycles. The summed E-state index contributed by atoms with van der Waals surface area (Å²) in [4.78, 5) is 22.6. The molecule has 2 aliphatic carbocycles. The summed E-state index contributed by atoms with van der Waals surface area (Å²) in [6, 6.07) is 0. The fourth-order valence-electron chi connectivity index (χ4n) is 2.69. The van der Waals surface area contributed by atoms with E-state index in [-0.39, 0.29) is 17.6 Å². The minimum Gasteiger partial charge on any atom is -0.300 e. The molecule has 2 rings (SSSR count). The van der Waals surface area contributed by atoms with Gasteiger partial charge in [0.2, 0.25) is 0 Å². The summed E-state index contributed by atoms with van der Waals surface area (Å²) in [6.45, 7) is 0. The quantitative estimate of drug-likeness (QED) is 0.562. The molecular weight excluding hydrogens is 164 g/mol. The zero-order chi connectivity index (χ0) is 9.42. The first-order valence-electron chi connectivity index (χ1n) is 4.70. The predicted molar refractivity (Wildman–Crippen MR) is 47.8 cm³/mol. The molecule has 0 heterocycles. The molecule has 3 unspecified atom stereocenters. The molecular formula is C11H12O2. The van der Waals surface area contributed by atoms with Crippen molar-refractivity contribution in [1.82, 2.24) is 0 Å². The third kappa shape index (κ3) is 1.29. The fourth-order valence-corrected chi connectivity index (χ4v) is 2.69. The van der Waals surface area contributed by atoms with Crippen LogP contribution in [-0.2, 0) is 9.59 Å². The number of terminal acetylenes is 1. The zero-order valence-corrected chi connectivity index (χ0v) is 7.45. The first-order chi connectivity index (χ1) is 6.22. The number of ketones is 2. The van der Waals surface area contributed by atoms with Crippen LogP contribution < -0.4 is 0 Å². The Labute approximate surface area is 77.7 Å². The first-order valence-corrected chi connectivity index (χ1v) is 4.70. The van der Waals surface area contributed by atoms with Gasteiger partial charge in [-0.3, -0.25) is 9.59 Å². The summed E-state index contributed by atoms with van der Waals surface area (Å²) < 4.78 is 0. The number of rotatable bonds is 1. The highest BCUT2D eigenvalue weighted by atomic mass is 16.1. The van der Waals surface area contributed by atoms with Crippen molar-refractivity contribution in [1.29, 1.82) is 0 Å². The maximum Gasteiger partial charge on any atom is 0.137 e. The molecule has 2 saturated carbocycles. The average Bonchev–Trinajstić information content (AvgIpc) is 2.52. The molecule has 0 amide bonds. The van der Waals surface area contributed by atoms with E-state index in [4.69, 9.17) is 6.42 Å². The van der Waals surface area contributed by atoms with Crippen LogP contribution in [0.4, 0.5) is 0 Å². The van der Waals surface area contributed by atoms with Crippen molar-refractivity contribution in [2.45, 2.75) is 25.7 Å². The van der Waals surface area contributed by atoms with Gasteiger partial charge in [-0.05, 0) is 11.8 Å². The van der Waals surface area contributed by atoms with Crippen molar-refractivity contribution in [2.24, 2.45) is 17.8 Å². The van der Waals surface area contributed by atoms with Gasteiger partial charge in [-0.25, -0.2) is 0 Å². The normalized spacial score (nSPS) is 37.6. The Hall–Kier alpha value is -1.10. The summed E-state index contributed by atoms with van der Waals surface area (Å²) in [5.74, 6) is 3.70. The van der Waals surface area contributed by atoms with Crippen LogP contribution in [-0.4, -0.2) is 11.6 Å². The van der Waals surface area contributed by atoms with Crippen molar-refractivity contribution in [3.05, 3.63) is 0 Å². The predicted octanol–water partition coefficient (Wildman–Crippen LogP) is 1.19. The number of hydrogen-bond donors (Lipinski definition) is 0. The van der Waals surface area contributed by atoms with E-state index in [0.29, 0.717) is 37.4 Å². The molecule has 0 aromatic heterocycles. The van der Waals surface area contributed by atoms with Crippen molar-refractivity contribution < 1.29 is 9.59 Å². The van der Waals surface area contributed by atoms with Crippen LogP contribution in [0.2, 0.25) is 0 Å².